The van der Waals surface area contributed by atoms with E-state index in [0.29, 0.717) is 17.7 Å². The zero-order chi connectivity index (χ0) is 22.6. The van der Waals surface area contributed by atoms with Crippen LogP contribution in [0.4, 0.5) is 5.69 Å². The van der Waals surface area contributed by atoms with E-state index in [1.165, 1.54) is 26.4 Å². The van der Waals surface area contributed by atoms with Gasteiger partial charge in [0.25, 0.3) is 0 Å². The molecule has 1 aromatic carbocycles. The number of esters is 1. The molecule has 0 unspecified atom stereocenters. The summed E-state index contributed by atoms with van der Waals surface area (Å²) in [6, 6.07) is 6.49. The number of amides is 1. The lowest BCUT2D eigenvalue weighted by Crippen LogP contribution is -2.56. The van der Waals surface area contributed by atoms with Crippen LogP contribution >= 0.6 is 47.0 Å². The minimum atomic E-state index is -1.81. The van der Waals surface area contributed by atoms with E-state index in [0.717, 1.165) is 19.3 Å². The zero-order valence-electron chi connectivity index (χ0n) is 17.1. The Labute approximate surface area is 198 Å². The van der Waals surface area contributed by atoms with Gasteiger partial charge in [0.1, 0.15) is 6.17 Å². The van der Waals surface area contributed by atoms with Crippen LogP contribution in [0.2, 0.25) is 0 Å². The van der Waals surface area contributed by atoms with Crippen molar-refractivity contribution in [1.29, 1.82) is 0 Å². The second-order valence-corrected chi connectivity index (χ2v) is 9.50. The molecule has 1 amide bonds. The first-order chi connectivity index (χ1) is 14.2. The molecular formula is C20H28Cl3N3O3S. The predicted molar refractivity (Wildman–Crippen MR) is 127 cm³/mol. The number of nitrogens with one attached hydrogen (secondary N) is 3. The summed E-state index contributed by atoms with van der Waals surface area (Å²) in [5.74, 6) is -0.661. The van der Waals surface area contributed by atoms with Crippen LogP contribution in [0.1, 0.15) is 62.2 Å². The molecule has 1 rings (SSSR count). The van der Waals surface area contributed by atoms with Crippen LogP contribution in [0.25, 0.3) is 0 Å². The van der Waals surface area contributed by atoms with Crippen LogP contribution in [-0.4, -0.2) is 34.1 Å². The molecule has 6 nitrogen and oxygen atoms in total. The Morgan fingerprint density at radius 1 is 1.03 bits per heavy atom. The van der Waals surface area contributed by atoms with E-state index < -0.39 is 15.9 Å². The van der Waals surface area contributed by atoms with Crippen molar-refractivity contribution in [3.8, 4) is 0 Å². The average Bonchev–Trinajstić information content (AvgIpc) is 2.69. The first-order valence-corrected chi connectivity index (χ1v) is 11.3. The zero-order valence-corrected chi connectivity index (χ0v) is 20.2. The number of hydrogen-bond acceptors (Lipinski definition) is 4. The summed E-state index contributed by atoms with van der Waals surface area (Å²) in [4.78, 5) is 23.7. The van der Waals surface area contributed by atoms with Crippen molar-refractivity contribution >= 4 is 69.7 Å². The molecule has 0 radical (unpaired) electrons. The van der Waals surface area contributed by atoms with E-state index in [1.54, 1.807) is 24.3 Å². The molecule has 0 saturated heterocycles. The lowest BCUT2D eigenvalue weighted by molar-refractivity contribution is -0.122. The van der Waals surface area contributed by atoms with E-state index in [2.05, 4.69) is 27.6 Å². The van der Waals surface area contributed by atoms with E-state index in [4.69, 9.17) is 47.0 Å². The van der Waals surface area contributed by atoms with E-state index in [9.17, 15) is 9.59 Å². The fourth-order valence-electron chi connectivity index (χ4n) is 2.60. The number of hydrogen-bond donors (Lipinski definition) is 3. The van der Waals surface area contributed by atoms with Crippen molar-refractivity contribution < 1.29 is 14.3 Å². The van der Waals surface area contributed by atoms with Crippen LogP contribution in [0, 0.1) is 0 Å². The highest BCUT2D eigenvalue weighted by molar-refractivity contribution is 7.80. The molecule has 0 heterocycles. The topological polar surface area (TPSA) is 79.5 Å². The summed E-state index contributed by atoms with van der Waals surface area (Å²) in [6.45, 7) is 2.16. The number of carbonyl (C=O) groups is 2. The highest BCUT2D eigenvalue weighted by Gasteiger charge is 2.34. The smallest absolute Gasteiger partial charge is 0.337 e. The summed E-state index contributed by atoms with van der Waals surface area (Å²) in [6.07, 6.45) is 5.78. The molecule has 0 aromatic heterocycles. The maximum atomic E-state index is 12.2. The normalized spacial score (nSPS) is 12.0. The molecular weight excluding hydrogens is 469 g/mol. The monoisotopic (exact) mass is 495 g/mol. The van der Waals surface area contributed by atoms with Crippen molar-refractivity contribution in [2.75, 3.05) is 12.4 Å². The van der Waals surface area contributed by atoms with Crippen molar-refractivity contribution in [3.05, 3.63) is 29.8 Å². The Morgan fingerprint density at radius 2 is 1.63 bits per heavy atom. The van der Waals surface area contributed by atoms with Crippen LogP contribution in [0.3, 0.4) is 0 Å². The summed E-state index contributed by atoms with van der Waals surface area (Å²) in [7, 11) is 1.31. The average molecular weight is 497 g/mol. The Kier molecular flexibility index (Phi) is 12.4. The molecule has 10 heteroatoms. The Bertz CT molecular complexity index is 697. The number of benzene rings is 1. The highest BCUT2D eigenvalue weighted by atomic mass is 35.6. The standard InChI is InChI=1S/C20H28Cl3N3O3S/c1-3-4-5-6-7-8-9-16(27)25-18(20(21,22)23)26-19(30)24-15-12-10-14(11-13-15)17(28)29-2/h10-13,18H,3-9H2,1-2H3,(H,25,27)(H2,24,26,30)/t18-/m1/s1. The van der Waals surface area contributed by atoms with Gasteiger partial charge in [0.05, 0.1) is 12.7 Å². The van der Waals surface area contributed by atoms with Gasteiger partial charge >= 0.3 is 5.97 Å². The number of methoxy groups -OCH3 is 1. The van der Waals surface area contributed by atoms with Crippen molar-refractivity contribution in [2.45, 2.75) is 61.8 Å². The number of carbonyl (C=O) groups excluding carboxylic acids is 2. The van der Waals surface area contributed by atoms with Gasteiger partial charge < -0.3 is 20.7 Å². The first kappa shape index (κ1) is 26.8. The van der Waals surface area contributed by atoms with Gasteiger partial charge in [-0.3, -0.25) is 4.79 Å². The molecule has 0 aliphatic carbocycles. The van der Waals surface area contributed by atoms with Gasteiger partial charge in [-0.05, 0) is 42.9 Å². The van der Waals surface area contributed by atoms with Gasteiger partial charge in [0.2, 0.25) is 9.70 Å². The van der Waals surface area contributed by atoms with Crippen molar-refractivity contribution in [2.24, 2.45) is 0 Å². The summed E-state index contributed by atoms with van der Waals surface area (Å²) in [5, 5.41) is 8.54. The van der Waals surface area contributed by atoms with Crippen molar-refractivity contribution in [1.82, 2.24) is 10.6 Å². The fourth-order valence-corrected chi connectivity index (χ4v) is 3.17. The first-order valence-electron chi connectivity index (χ1n) is 9.79. The lowest BCUT2D eigenvalue weighted by atomic mass is 10.1. The number of alkyl halides is 3. The molecule has 1 atom stereocenters. The number of halogens is 3. The van der Waals surface area contributed by atoms with Crippen LogP contribution < -0.4 is 16.0 Å². The molecule has 0 bridgehead atoms. The quantitative estimate of drug-likeness (QED) is 0.126. The minimum Gasteiger partial charge on any atom is -0.465 e. The molecule has 0 saturated carbocycles. The number of thiocarbonyl (C=S) groups is 1. The largest absolute Gasteiger partial charge is 0.465 e. The Hall–Kier alpha value is -1.28. The third-order valence-corrected chi connectivity index (χ3v) is 5.10. The molecule has 0 fully saturated rings. The molecule has 0 aliphatic heterocycles. The number of rotatable bonds is 11. The SMILES string of the molecule is CCCCCCCCC(=O)N[C@H](NC(=S)Nc1ccc(C(=O)OC)cc1)C(Cl)(Cl)Cl. The number of ether oxygens (including phenoxy) is 1. The molecule has 168 valence electrons. The second kappa shape index (κ2) is 13.9. The molecule has 0 aliphatic rings. The van der Waals surface area contributed by atoms with Crippen molar-refractivity contribution in [3.63, 3.8) is 0 Å². The van der Waals surface area contributed by atoms with Gasteiger partial charge in [-0.25, -0.2) is 4.79 Å². The third-order valence-electron chi connectivity index (χ3n) is 4.23. The molecule has 3 N–H and O–H groups in total. The van der Waals surface area contributed by atoms with Gasteiger partial charge in [0.15, 0.2) is 5.11 Å². The van der Waals surface area contributed by atoms with Crippen LogP contribution in [0.15, 0.2) is 24.3 Å². The highest BCUT2D eigenvalue weighted by Crippen LogP contribution is 2.29. The minimum absolute atomic E-state index is 0.150. The summed E-state index contributed by atoms with van der Waals surface area (Å²) in [5.41, 5.74) is 1.02. The predicted octanol–water partition coefficient (Wildman–Crippen LogP) is 5.32. The molecule has 1 aromatic rings. The fraction of sp³-hybridized carbons (Fsp3) is 0.550. The van der Waals surface area contributed by atoms with Gasteiger partial charge in [-0.1, -0.05) is 73.8 Å². The second-order valence-electron chi connectivity index (χ2n) is 6.73. The van der Waals surface area contributed by atoms with E-state index in [1.807, 2.05) is 0 Å². The van der Waals surface area contributed by atoms with E-state index >= 15 is 0 Å². The van der Waals surface area contributed by atoms with Gasteiger partial charge in [-0.2, -0.15) is 0 Å². The van der Waals surface area contributed by atoms with Crippen LogP contribution in [0.5, 0.6) is 0 Å². The maximum Gasteiger partial charge on any atom is 0.337 e. The number of anilines is 1. The lowest BCUT2D eigenvalue weighted by Gasteiger charge is -2.27. The maximum absolute atomic E-state index is 12.2. The van der Waals surface area contributed by atoms with Gasteiger partial charge in [0, 0.05) is 12.1 Å². The Balaban J connectivity index is 2.54. The van der Waals surface area contributed by atoms with Crippen LogP contribution in [-0.2, 0) is 9.53 Å². The number of unbranched alkanes of at least 4 members (excludes halogenated alkanes) is 5. The summed E-state index contributed by atoms with van der Waals surface area (Å²) < 4.78 is 2.85. The summed E-state index contributed by atoms with van der Waals surface area (Å²) >= 11 is 23.2. The van der Waals surface area contributed by atoms with Gasteiger partial charge in [-0.15, -0.1) is 0 Å². The van der Waals surface area contributed by atoms with E-state index in [-0.39, 0.29) is 11.0 Å². The molecule has 30 heavy (non-hydrogen) atoms. The Morgan fingerprint density at radius 3 is 2.20 bits per heavy atom. The third kappa shape index (κ3) is 10.7. The molecule has 0 spiro atoms.